The SMILES string of the molecule is O=C(O)CCN1CCC(n2cnc(-c3ccc(F)cc3)c2-c2ccnc(Nc3ccccc3)n2)CC1. The second-order valence-electron chi connectivity index (χ2n) is 8.83. The van der Waals surface area contributed by atoms with Crippen molar-refractivity contribution in [1.29, 1.82) is 0 Å². The van der Waals surface area contributed by atoms with E-state index in [1.165, 1.54) is 12.1 Å². The highest BCUT2D eigenvalue weighted by atomic mass is 19.1. The van der Waals surface area contributed by atoms with Gasteiger partial charge >= 0.3 is 5.97 Å². The Kier molecular flexibility index (Phi) is 6.99. The molecule has 0 amide bonds. The number of nitrogens with one attached hydrogen (secondary N) is 1. The molecule has 0 saturated carbocycles. The van der Waals surface area contributed by atoms with E-state index in [9.17, 15) is 9.18 Å². The maximum atomic E-state index is 13.6. The molecule has 8 nitrogen and oxygen atoms in total. The minimum absolute atomic E-state index is 0.147. The number of rotatable bonds is 8. The van der Waals surface area contributed by atoms with Gasteiger partial charge in [0.15, 0.2) is 0 Å². The summed E-state index contributed by atoms with van der Waals surface area (Å²) in [7, 11) is 0. The van der Waals surface area contributed by atoms with Gasteiger partial charge in [-0.25, -0.2) is 19.3 Å². The van der Waals surface area contributed by atoms with Crippen LogP contribution in [-0.4, -0.2) is 55.1 Å². The van der Waals surface area contributed by atoms with Crippen LogP contribution in [0.4, 0.5) is 16.0 Å². The molecule has 0 atom stereocenters. The van der Waals surface area contributed by atoms with Crippen LogP contribution in [0.1, 0.15) is 25.3 Å². The molecule has 1 fully saturated rings. The molecular formula is C27H27FN6O2. The zero-order chi connectivity index (χ0) is 24.9. The number of nitrogens with zero attached hydrogens (tertiary/aromatic N) is 5. The highest BCUT2D eigenvalue weighted by Crippen LogP contribution is 2.35. The van der Waals surface area contributed by atoms with Gasteiger partial charge in [-0.05, 0) is 55.3 Å². The number of halogens is 1. The maximum Gasteiger partial charge on any atom is 0.304 e. The lowest BCUT2D eigenvalue weighted by molar-refractivity contribution is -0.137. The summed E-state index contributed by atoms with van der Waals surface area (Å²) in [4.78, 5) is 27.1. The number of para-hydroxylation sites is 1. The van der Waals surface area contributed by atoms with Crippen molar-refractivity contribution >= 4 is 17.6 Å². The Bertz CT molecular complexity index is 1320. The van der Waals surface area contributed by atoms with Gasteiger partial charge in [-0.2, -0.15) is 0 Å². The van der Waals surface area contributed by atoms with Crippen molar-refractivity contribution in [3.05, 3.63) is 79.0 Å². The maximum absolute atomic E-state index is 13.6. The van der Waals surface area contributed by atoms with Crippen LogP contribution in [0, 0.1) is 5.82 Å². The number of hydrogen-bond acceptors (Lipinski definition) is 6. The van der Waals surface area contributed by atoms with Crippen LogP contribution in [0.15, 0.2) is 73.2 Å². The fourth-order valence-corrected chi connectivity index (χ4v) is 4.59. The van der Waals surface area contributed by atoms with Crippen molar-refractivity contribution in [3.8, 4) is 22.6 Å². The summed E-state index contributed by atoms with van der Waals surface area (Å²) in [5.41, 5.74) is 3.99. The van der Waals surface area contributed by atoms with Crippen LogP contribution in [0.5, 0.6) is 0 Å². The molecule has 2 aromatic heterocycles. The summed E-state index contributed by atoms with van der Waals surface area (Å²) < 4.78 is 15.8. The minimum Gasteiger partial charge on any atom is -0.481 e. The molecule has 0 aliphatic carbocycles. The number of carboxylic acid groups (broad SMARTS) is 1. The molecular weight excluding hydrogens is 459 g/mol. The molecule has 1 aliphatic rings. The Morgan fingerprint density at radius 1 is 1.03 bits per heavy atom. The van der Waals surface area contributed by atoms with Crippen LogP contribution in [-0.2, 0) is 4.79 Å². The van der Waals surface area contributed by atoms with E-state index >= 15 is 0 Å². The number of aliphatic carboxylic acids is 1. The van der Waals surface area contributed by atoms with E-state index in [-0.39, 0.29) is 18.3 Å². The molecule has 1 saturated heterocycles. The van der Waals surface area contributed by atoms with Crippen LogP contribution >= 0.6 is 0 Å². The van der Waals surface area contributed by atoms with Gasteiger partial charge in [0, 0.05) is 43.1 Å². The Hall–Kier alpha value is -4.11. The lowest BCUT2D eigenvalue weighted by atomic mass is 10.0. The van der Waals surface area contributed by atoms with E-state index in [1.54, 1.807) is 18.3 Å². The molecule has 3 heterocycles. The van der Waals surface area contributed by atoms with Gasteiger partial charge < -0.3 is 19.9 Å². The van der Waals surface area contributed by atoms with Gasteiger partial charge in [0.25, 0.3) is 0 Å². The van der Waals surface area contributed by atoms with Gasteiger partial charge in [-0.15, -0.1) is 0 Å². The summed E-state index contributed by atoms with van der Waals surface area (Å²) >= 11 is 0. The molecule has 2 aromatic carbocycles. The van der Waals surface area contributed by atoms with Gasteiger partial charge in [0.05, 0.1) is 29.8 Å². The summed E-state index contributed by atoms with van der Waals surface area (Å²) in [5.74, 6) is -0.605. The van der Waals surface area contributed by atoms with Gasteiger partial charge in [0.2, 0.25) is 5.95 Å². The van der Waals surface area contributed by atoms with Gasteiger partial charge in [-0.3, -0.25) is 4.79 Å². The molecule has 5 rings (SSSR count). The third-order valence-corrected chi connectivity index (χ3v) is 6.43. The van der Waals surface area contributed by atoms with Gasteiger partial charge in [-0.1, -0.05) is 18.2 Å². The Labute approximate surface area is 208 Å². The molecule has 9 heteroatoms. The highest BCUT2D eigenvalue weighted by Gasteiger charge is 2.26. The molecule has 0 spiro atoms. The number of aromatic nitrogens is 4. The van der Waals surface area contributed by atoms with Crippen LogP contribution < -0.4 is 5.32 Å². The second-order valence-corrected chi connectivity index (χ2v) is 8.83. The van der Waals surface area contributed by atoms with Crippen molar-refractivity contribution in [2.75, 3.05) is 25.0 Å². The molecule has 184 valence electrons. The number of benzene rings is 2. The topological polar surface area (TPSA) is 96.2 Å². The first kappa shape index (κ1) is 23.6. The van der Waals surface area contributed by atoms with E-state index in [0.717, 1.165) is 48.6 Å². The molecule has 2 N–H and O–H groups in total. The normalized spacial score (nSPS) is 14.6. The molecule has 1 aliphatic heterocycles. The largest absolute Gasteiger partial charge is 0.481 e. The average molecular weight is 487 g/mol. The minimum atomic E-state index is -0.776. The first-order chi connectivity index (χ1) is 17.6. The van der Waals surface area contributed by atoms with E-state index < -0.39 is 5.97 Å². The third kappa shape index (κ3) is 5.41. The van der Waals surface area contributed by atoms with Crippen molar-refractivity contribution in [2.24, 2.45) is 0 Å². The van der Waals surface area contributed by atoms with Crippen molar-refractivity contribution in [2.45, 2.75) is 25.3 Å². The van der Waals surface area contributed by atoms with Gasteiger partial charge in [0.1, 0.15) is 5.82 Å². The standard InChI is InChI=1S/C27H27FN6O2/c28-20-8-6-19(7-9-20)25-26(23-10-14-29-27(32-23)31-21-4-2-1-3-5-21)34(18-30-25)22-11-15-33(16-12-22)17-13-24(35)36/h1-10,14,18,22H,11-13,15-17H2,(H,35,36)(H,29,31,32). The van der Waals surface area contributed by atoms with E-state index in [4.69, 9.17) is 15.1 Å². The fraction of sp³-hybridized carbons (Fsp3) is 0.259. The first-order valence-corrected chi connectivity index (χ1v) is 12.0. The van der Waals surface area contributed by atoms with E-state index in [0.29, 0.717) is 18.2 Å². The van der Waals surface area contributed by atoms with E-state index in [2.05, 4.69) is 19.8 Å². The molecule has 36 heavy (non-hydrogen) atoms. The predicted octanol–water partition coefficient (Wildman–Crippen LogP) is 5.00. The number of likely N-dealkylation sites (tertiary alicyclic amines) is 1. The number of anilines is 2. The third-order valence-electron chi connectivity index (χ3n) is 6.43. The number of carboxylic acids is 1. The molecule has 4 aromatic rings. The summed E-state index contributed by atoms with van der Waals surface area (Å²) in [5, 5.41) is 12.2. The lowest BCUT2D eigenvalue weighted by Crippen LogP contribution is -2.36. The Balaban J connectivity index is 1.47. The monoisotopic (exact) mass is 486 g/mol. The Morgan fingerprint density at radius 3 is 2.50 bits per heavy atom. The number of carbonyl (C=O) groups is 1. The zero-order valence-corrected chi connectivity index (χ0v) is 19.7. The van der Waals surface area contributed by atoms with Crippen LogP contribution in [0.25, 0.3) is 22.6 Å². The van der Waals surface area contributed by atoms with E-state index in [1.807, 2.05) is 42.7 Å². The summed E-state index contributed by atoms with van der Waals surface area (Å²) in [6.07, 6.45) is 5.43. The highest BCUT2D eigenvalue weighted by molar-refractivity contribution is 5.77. The Morgan fingerprint density at radius 2 is 1.78 bits per heavy atom. The second kappa shape index (κ2) is 10.7. The van der Waals surface area contributed by atoms with Crippen molar-refractivity contribution in [3.63, 3.8) is 0 Å². The zero-order valence-electron chi connectivity index (χ0n) is 19.7. The van der Waals surface area contributed by atoms with Crippen molar-refractivity contribution in [1.82, 2.24) is 24.4 Å². The lowest BCUT2D eigenvalue weighted by Gasteiger charge is -2.33. The molecule has 0 bridgehead atoms. The summed E-state index contributed by atoms with van der Waals surface area (Å²) in [6, 6.07) is 18.1. The average Bonchev–Trinajstić information content (AvgIpc) is 3.34. The summed E-state index contributed by atoms with van der Waals surface area (Å²) in [6.45, 7) is 2.18. The first-order valence-electron chi connectivity index (χ1n) is 12.0. The van der Waals surface area contributed by atoms with Crippen LogP contribution in [0.2, 0.25) is 0 Å². The van der Waals surface area contributed by atoms with Crippen LogP contribution in [0.3, 0.4) is 0 Å². The smallest absolute Gasteiger partial charge is 0.304 e. The quantitative estimate of drug-likeness (QED) is 0.362. The number of piperidine rings is 1. The molecule has 0 unspecified atom stereocenters. The van der Waals surface area contributed by atoms with Crippen molar-refractivity contribution < 1.29 is 14.3 Å². The fourth-order valence-electron chi connectivity index (χ4n) is 4.59. The predicted molar refractivity (Wildman–Crippen MR) is 135 cm³/mol. The number of hydrogen-bond donors (Lipinski definition) is 2. The molecule has 0 radical (unpaired) electrons. The number of imidazole rings is 1.